The average Bonchev–Trinajstić information content (AvgIpc) is 2.11. The van der Waals surface area contributed by atoms with Gasteiger partial charge in [-0.2, -0.15) is 0 Å². The van der Waals surface area contributed by atoms with Crippen molar-refractivity contribution < 1.29 is 13.9 Å². The minimum atomic E-state index is -0.411. The van der Waals surface area contributed by atoms with Crippen LogP contribution in [0.4, 0.5) is 4.39 Å². The number of hydrogen-bond donors (Lipinski definition) is 0. The van der Waals surface area contributed by atoms with Crippen molar-refractivity contribution >= 4 is 15.9 Å². The predicted octanol–water partition coefficient (Wildman–Crippen LogP) is 3.00. The highest BCUT2D eigenvalue weighted by Crippen LogP contribution is 2.30. The SMILES string of the molecule is CCOc1cc(Br)c(F)c(OC)c1. The van der Waals surface area contributed by atoms with Crippen molar-refractivity contribution in [2.75, 3.05) is 13.7 Å². The van der Waals surface area contributed by atoms with E-state index in [4.69, 9.17) is 9.47 Å². The molecule has 0 aromatic heterocycles. The van der Waals surface area contributed by atoms with Crippen LogP contribution >= 0.6 is 15.9 Å². The molecule has 1 rings (SSSR count). The molecule has 0 N–H and O–H groups in total. The Morgan fingerprint density at radius 2 is 2.15 bits per heavy atom. The van der Waals surface area contributed by atoms with Crippen LogP contribution in [-0.4, -0.2) is 13.7 Å². The lowest BCUT2D eigenvalue weighted by Gasteiger charge is -2.07. The van der Waals surface area contributed by atoms with E-state index in [1.165, 1.54) is 13.2 Å². The topological polar surface area (TPSA) is 18.5 Å². The number of ether oxygens (including phenoxy) is 2. The van der Waals surface area contributed by atoms with E-state index in [1.807, 2.05) is 6.92 Å². The van der Waals surface area contributed by atoms with Gasteiger partial charge in [0.05, 0.1) is 18.2 Å². The summed E-state index contributed by atoms with van der Waals surface area (Å²) in [6.07, 6.45) is 0. The van der Waals surface area contributed by atoms with Crippen molar-refractivity contribution in [3.8, 4) is 11.5 Å². The first-order valence-electron chi connectivity index (χ1n) is 3.84. The normalized spacial score (nSPS) is 9.85. The molecule has 72 valence electrons. The Labute approximate surface area is 84.8 Å². The average molecular weight is 249 g/mol. The second-order valence-corrected chi connectivity index (χ2v) is 3.21. The Hall–Kier alpha value is -0.770. The van der Waals surface area contributed by atoms with Crippen LogP contribution < -0.4 is 9.47 Å². The van der Waals surface area contributed by atoms with Crippen LogP contribution in [0.25, 0.3) is 0 Å². The van der Waals surface area contributed by atoms with Gasteiger partial charge < -0.3 is 9.47 Å². The molecule has 0 aliphatic carbocycles. The van der Waals surface area contributed by atoms with Crippen LogP contribution in [0.2, 0.25) is 0 Å². The number of hydrogen-bond acceptors (Lipinski definition) is 2. The predicted molar refractivity (Wildman–Crippen MR) is 51.8 cm³/mol. The first-order chi connectivity index (χ1) is 6.19. The van der Waals surface area contributed by atoms with Gasteiger partial charge >= 0.3 is 0 Å². The van der Waals surface area contributed by atoms with Crippen LogP contribution in [0.5, 0.6) is 11.5 Å². The molecular weight excluding hydrogens is 239 g/mol. The lowest BCUT2D eigenvalue weighted by molar-refractivity contribution is 0.331. The van der Waals surface area contributed by atoms with Crippen LogP contribution in [0.15, 0.2) is 16.6 Å². The fraction of sp³-hybridized carbons (Fsp3) is 0.333. The van der Waals surface area contributed by atoms with Gasteiger partial charge in [0.2, 0.25) is 0 Å². The van der Waals surface area contributed by atoms with E-state index >= 15 is 0 Å². The largest absolute Gasteiger partial charge is 0.494 e. The van der Waals surface area contributed by atoms with Crippen LogP contribution in [-0.2, 0) is 0 Å². The summed E-state index contributed by atoms with van der Waals surface area (Å²) in [5.41, 5.74) is 0. The molecule has 0 saturated carbocycles. The molecule has 4 heteroatoms. The van der Waals surface area contributed by atoms with Gasteiger partial charge in [0.1, 0.15) is 5.75 Å². The summed E-state index contributed by atoms with van der Waals surface area (Å²) in [6, 6.07) is 3.09. The molecule has 0 atom stereocenters. The molecule has 0 unspecified atom stereocenters. The number of methoxy groups -OCH3 is 1. The van der Waals surface area contributed by atoms with Gasteiger partial charge in [-0.3, -0.25) is 0 Å². The summed E-state index contributed by atoms with van der Waals surface area (Å²) in [6.45, 7) is 2.41. The van der Waals surface area contributed by atoms with Crippen molar-refractivity contribution in [2.24, 2.45) is 0 Å². The Morgan fingerprint density at radius 3 is 2.69 bits per heavy atom. The quantitative estimate of drug-likeness (QED) is 0.819. The third-order valence-corrected chi connectivity index (χ3v) is 2.08. The van der Waals surface area contributed by atoms with Crippen molar-refractivity contribution in [1.29, 1.82) is 0 Å². The van der Waals surface area contributed by atoms with E-state index in [2.05, 4.69) is 15.9 Å². The van der Waals surface area contributed by atoms with Crippen molar-refractivity contribution in [2.45, 2.75) is 6.92 Å². The molecule has 0 radical (unpaired) electrons. The van der Waals surface area contributed by atoms with Crippen molar-refractivity contribution in [1.82, 2.24) is 0 Å². The van der Waals surface area contributed by atoms with E-state index in [1.54, 1.807) is 6.07 Å². The molecule has 0 heterocycles. The summed E-state index contributed by atoms with van der Waals surface area (Å²) in [5, 5.41) is 0. The van der Waals surface area contributed by atoms with Gasteiger partial charge in [0, 0.05) is 6.07 Å². The maximum absolute atomic E-state index is 13.2. The first-order valence-corrected chi connectivity index (χ1v) is 4.64. The summed E-state index contributed by atoms with van der Waals surface area (Å²) in [4.78, 5) is 0. The van der Waals surface area contributed by atoms with Gasteiger partial charge in [-0.1, -0.05) is 0 Å². The zero-order valence-electron chi connectivity index (χ0n) is 7.43. The standard InChI is InChI=1S/C9H10BrFO2/c1-3-13-6-4-7(10)9(11)8(5-6)12-2/h4-5H,3H2,1-2H3. The van der Waals surface area contributed by atoms with Gasteiger partial charge in [0.25, 0.3) is 0 Å². The number of benzene rings is 1. The Balaban J connectivity index is 3.06. The maximum Gasteiger partial charge on any atom is 0.179 e. The zero-order valence-corrected chi connectivity index (χ0v) is 9.02. The Bertz CT molecular complexity index is 302. The van der Waals surface area contributed by atoms with Gasteiger partial charge in [-0.15, -0.1) is 0 Å². The monoisotopic (exact) mass is 248 g/mol. The van der Waals surface area contributed by atoms with Gasteiger partial charge in [-0.05, 0) is 28.9 Å². The lowest BCUT2D eigenvalue weighted by Crippen LogP contribution is -1.95. The minimum Gasteiger partial charge on any atom is -0.494 e. The molecule has 13 heavy (non-hydrogen) atoms. The fourth-order valence-electron chi connectivity index (χ4n) is 0.939. The van der Waals surface area contributed by atoms with E-state index < -0.39 is 5.82 Å². The Kier molecular flexibility index (Phi) is 3.54. The highest BCUT2D eigenvalue weighted by Gasteiger charge is 2.09. The molecule has 1 aromatic carbocycles. The third kappa shape index (κ3) is 2.34. The summed E-state index contributed by atoms with van der Waals surface area (Å²) in [7, 11) is 1.42. The van der Waals surface area contributed by atoms with E-state index in [0.29, 0.717) is 16.8 Å². The molecular formula is C9H10BrFO2. The van der Waals surface area contributed by atoms with Crippen LogP contribution in [0.3, 0.4) is 0 Å². The molecule has 1 aromatic rings. The number of rotatable bonds is 3. The highest BCUT2D eigenvalue weighted by molar-refractivity contribution is 9.10. The summed E-state index contributed by atoms with van der Waals surface area (Å²) in [5.74, 6) is 0.358. The number of halogens is 2. The maximum atomic E-state index is 13.2. The van der Waals surface area contributed by atoms with Crippen molar-refractivity contribution in [3.63, 3.8) is 0 Å². The van der Waals surface area contributed by atoms with Gasteiger partial charge in [0.15, 0.2) is 11.6 Å². The van der Waals surface area contributed by atoms with E-state index in [9.17, 15) is 4.39 Å². The second-order valence-electron chi connectivity index (χ2n) is 2.35. The Morgan fingerprint density at radius 1 is 1.46 bits per heavy atom. The molecule has 0 saturated heterocycles. The third-order valence-electron chi connectivity index (χ3n) is 1.50. The molecule has 0 aliphatic heterocycles. The summed E-state index contributed by atoms with van der Waals surface area (Å²) < 4.78 is 23.6. The van der Waals surface area contributed by atoms with Crippen molar-refractivity contribution in [3.05, 3.63) is 22.4 Å². The summed E-state index contributed by atoms with van der Waals surface area (Å²) >= 11 is 3.07. The zero-order chi connectivity index (χ0) is 9.84. The first kappa shape index (κ1) is 10.3. The molecule has 0 aliphatic rings. The van der Waals surface area contributed by atoms with Gasteiger partial charge in [-0.25, -0.2) is 4.39 Å². The molecule has 0 bridgehead atoms. The molecule has 0 amide bonds. The molecule has 0 fully saturated rings. The van der Waals surface area contributed by atoms with Crippen LogP contribution in [0, 0.1) is 5.82 Å². The lowest BCUT2D eigenvalue weighted by atomic mass is 10.3. The van der Waals surface area contributed by atoms with E-state index in [0.717, 1.165) is 0 Å². The molecule has 0 spiro atoms. The fourth-order valence-corrected chi connectivity index (χ4v) is 1.36. The highest BCUT2D eigenvalue weighted by atomic mass is 79.9. The second kappa shape index (κ2) is 4.46. The van der Waals surface area contributed by atoms with E-state index in [-0.39, 0.29) is 5.75 Å². The van der Waals surface area contributed by atoms with Crippen LogP contribution in [0.1, 0.15) is 6.92 Å². The molecule has 2 nitrogen and oxygen atoms in total. The minimum absolute atomic E-state index is 0.179. The smallest absolute Gasteiger partial charge is 0.179 e.